The quantitative estimate of drug-likeness (QED) is 0.686. The zero-order chi connectivity index (χ0) is 13.5. The van der Waals surface area contributed by atoms with Crippen LogP contribution < -0.4 is 10.2 Å². The predicted molar refractivity (Wildman–Crippen MR) is 79.2 cm³/mol. The van der Waals surface area contributed by atoms with Gasteiger partial charge in [-0.3, -0.25) is 0 Å². The van der Waals surface area contributed by atoms with Crippen LogP contribution in [0.5, 0.6) is 0 Å². The summed E-state index contributed by atoms with van der Waals surface area (Å²) < 4.78 is 13.7. The van der Waals surface area contributed by atoms with E-state index >= 15 is 0 Å². The zero-order valence-corrected chi connectivity index (χ0v) is 11.9. The van der Waals surface area contributed by atoms with Crippen molar-refractivity contribution in [2.45, 2.75) is 45.1 Å². The number of rotatable bonds is 9. The number of halogens is 1. The number of benzene rings is 1. The molecule has 2 rings (SSSR count). The molecule has 0 atom stereocenters. The second-order valence-corrected chi connectivity index (χ2v) is 5.32. The Morgan fingerprint density at radius 1 is 1.21 bits per heavy atom. The second kappa shape index (κ2) is 7.49. The van der Waals surface area contributed by atoms with Crippen LogP contribution in [0.4, 0.5) is 10.1 Å². The van der Waals surface area contributed by atoms with Crippen LogP contribution in [0.15, 0.2) is 24.3 Å². The van der Waals surface area contributed by atoms with E-state index < -0.39 is 0 Å². The van der Waals surface area contributed by atoms with Gasteiger partial charge in [-0.15, -0.1) is 0 Å². The maximum atomic E-state index is 13.7. The normalized spacial score (nSPS) is 14.6. The Balaban J connectivity index is 1.65. The Morgan fingerprint density at radius 3 is 2.68 bits per heavy atom. The molecule has 0 spiro atoms. The molecule has 0 heterocycles. The maximum Gasteiger partial charge on any atom is 0.146 e. The molecule has 0 aromatic heterocycles. The summed E-state index contributed by atoms with van der Waals surface area (Å²) in [6.45, 7) is 5.03. The van der Waals surface area contributed by atoms with Crippen molar-refractivity contribution in [1.82, 2.24) is 5.32 Å². The van der Waals surface area contributed by atoms with E-state index in [2.05, 4.69) is 17.1 Å². The molecular formula is C16H25FN2. The van der Waals surface area contributed by atoms with Crippen LogP contribution >= 0.6 is 0 Å². The van der Waals surface area contributed by atoms with Crippen LogP contribution in [-0.2, 0) is 0 Å². The average Bonchev–Trinajstić information content (AvgIpc) is 3.23. The van der Waals surface area contributed by atoms with Crippen LogP contribution in [0, 0.1) is 5.82 Å². The van der Waals surface area contributed by atoms with Gasteiger partial charge in [0.05, 0.1) is 5.69 Å². The highest BCUT2D eigenvalue weighted by molar-refractivity contribution is 5.47. The van der Waals surface area contributed by atoms with Gasteiger partial charge >= 0.3 is 0 Å². The van der Waals surface area contributed by atoms with Crippen LogP contribution in [0.25, 0.3) is 0 Å². The summed E-state index contributed by atoms with van der Waals surface area (Å²) in [7, 11) is 0. The summed E-state index contributed by atoms with van der Waals surface area (Å²) >= 11 is 0. The fraction of sp³-hybridized carbons (Fsp3) is 0.625. The van der Waals surface area contributed by atoms with Gasteiger partial charge in [-0.05, 0) is 51.3 Å². The fourth-order valence-electron chi connectivity index (χ4n) is 2.36. The van der Waals surface area contributed by atoms with E-state index in [1.807, 2.05) is 12.1 Å². The third-order valence-electron chi connectivity index (χ3n) is 3.69. The molecule has 0 bridgehead atoms. The van der Waals surface area contributed by atoms with Gasteiger partial charge in [0, 0.05) is 19.1 Å². The predicted octanol–water partition coefficient (Wildman–Crippen LogP) is 3.57. The van der Waals surface area contributed by atoms with Gasteiger partial charge in [0.15, 0.2) is 0 Å². The Hall–Kier alpha value is -1.09. The lowest BCUT2D eigenvalue weighted by atomic mass is 10.2. The topological polar surface area (TPSA) is 15.3 Å². The molecule has 0 amide bonds. The van der Waals surface area contributed by atoms with E-state index in [1.165, 1.54) is 31.7 Å². The summed E-state index contributed by atoms with van der Waals surface area (Å²) in [5.41, 5.74) is 0.737. The molecule has 1 saturated carbocycles. The minimum Gasteiger partial charge on any atom is -0.369 e. The highest BCUT2D eigenvalue weighted by atomic mass is 19.1. The number of nitrogens with one attached hydrogen (secondary N) is 1. The number of para-hydroxylation sites is 1. The molecule has 2 nitrogen and oxygen atoms in total. The lowest BCUT2D eigenvalue weighted by Crippen LogP contribution is -2.25. The number of nitrogens with zero attached hydrogens (tertiary/aromatic N) is 1. The third-order valence-corrected chi connectivity index (χ3v) is 3.69. The highest BCUT2D eigenvalue weighted by Crippen LogP contribution is 2.20. The monoisotopic (exact) mass is 264 g/mol. The van der Waals surface area contributed by atoms with E-state index in [4.69, 9.17) is 0 Å². The van der Waals surface area contributed by atoms with E-state index in [-0.39, 0.29) is 5.82 Å². The van der Waals surface area contributed by atoms with Gasteiger partial charge < -0.3 is 10.2 Å². The van der Waals surface area contributed by atoms with Crippen molar-refractivity contribution in [3.63, 3.8) is 0 Å². The number of hydrogen-bond donors (Lipinski definition) is 1. The van der Waals surface area contributed by atoms with Crippen molar-refractivity contribution in [2.75, 3.05) is 24.5 Å². The number of unbranched alkanes of at least 4 members (excludes halogenated alkanes) is 2. The van der Waals surface area contributed by atoms with Crippen LogP contribution in [0.2, 0.25) is 0 Å². The largest absolute Gasteiger partial charge is 0.369 e. The molecule has 1 fully saturated rings. The Morgan fingerprint density at radius 2 is 2.00 bits per heavy atom. The number of anilines is 1. The summed E-state index contributed by atoms with van der Waals surface area (Å²) in [4.78, 5) is 2.13. The minimum absolute atomic E-state index is 0.111. The van der Waals surface area contributed by atoms with Gasteiger partial charge in [0.1, 0.15) is 5.82 Å². The van der Waals surface area contributed by atoms with Crippen molar-refractivity contribution in [1.29, 1.82) is 0 Å². The summed E-state index contributed by atoms with van der Waals surface area (Å²) in [6, 6.07) is 7.87. The molecule has 1 aromatic carbocycles. The van der Waals surface area contributed by atoms with Gasteiger partial charge in [-0.1, -0.05) is 18.6 Å². The molecular weight excluding hydrogens is 239 g/mol. The van der Waals surface area contributed by atoms with E-state index in [0.717, 1.165) is 37.8 Å². The second-order valence-electron chi connectivity index (χ2n) is 5.32. The zero-order valence-electron chi connectivity index (χ0n) is 11.9. The number of hydrogen-bond acceptors (Lipinski definition) is 2. The average molecular weight is 264 g/mol. The van der Waals surface area contributed by atoms with E-state index in [1.54, 1.807) is 6.07 Å². The first kappa shape index (κ1) is 14.3. The van der Waals surface area contributed by atoms with Crippen molar-refractivity contribution in [3.8, 4) is 0 Å². The van der Waals surface area contributed by atoms with Crippen molar-refractivity contribution in [2.24, 2.45) is 0 Å². The van der Waals surface area contributed by atoms with Gasteiger partial charge in [-0.25, -0.2) is 4.39 Å². The molecule has 0 radical (unpaired) electrons. The third kappa shape index (κ3) is 4.83. The van der Waals surface area contributed by atoms with Crippen LogP contribution in [0.1, 0.15) is 39.0 Å². The molecule has 106 valence electrons. The first-order valence-electron chi connectivity index (χ1n) is 7.54. The summed E-state index contributed by atoms with van der Waals surface area (Å²) in [5, 5.41) is 3.53. The summed E-state index contributed by atoms with van der Waals surface area (Å²) in [5.74, 6) is -0.111. The van der Waals surface area contributed by atoms with Crippen molar-refractivity contribution < 1.29 is 4.39 Å². The van der Waals surface area contributed by atoms with Gasteiger partial charge in [-0.2, -0.15) is 0 Å². The highest BCUT2D eigenvalue weighted by Gasteiger charge is 2.19. The molecule has 0 unspecified atom stereocenters. The molecule has 1 aliphatic rings. The van der Waals surface area contributed by atoms with Crippen molar-refractivity contribution >= 4 is 5.69 Å². The summed E-state index contributed by atoms with van der Waals surface area (Å²) in [6.07, 6.45) is 6.29. The maximum absolute atomic E-state index is 13.7. The molecule has 1 aliphatic carbocycles. The molecule has 3 heteroatoms. The van der Waals surface area contributed by atoms with Gasteiger partial charge in [0.2, 0.25) is 0 Å². The molecule has 0 saturated heterocycles. The first-order valence-corrected chi connectivity index (χ1v) is 7.54. The smallest absolute Gasteiger partial charge is 0.146 e. The first-order chi connectivity index (χ1) is 9.31. The SMILES string of the molecule is CCN(CCCCCNC1CC1)c1ccccc1F. The molecule has 19 heavy (non-hydrogen) atoms. The molecule has 1 N–H and O–H groups in total. The molecule has 1 aromatic rings. The van der Waals surface area contributed by atoms with Crippen LogP contribution in [0.3, 0.4) is 0 Å². The van der Waals surface area contributed by atoms with Crippen LogP contribution in [-0.4, -0.2) is 25.7 Å². The Labute approximate surface area is 116 Å². The standard InChI is InChI=1S/C16H25FN2/c1-2-19(16-9-5-4-8-15(16)17)13-7-3-6-12-18-14-10-11-14/h4-5,8-9,14,18H,2-3,6-7,10-13H2,1H3. The van der Waals surface area contributed by atoms with E-state index in [0.29, 0.717) is 0 Å². The Bertz CT molecular complexity index is 377. The Kier molecular flexibility index (Phi) is 5.64. The van der Waals surface area contributed by atoms with Gasteiger partial charge in [0.25, 0.3) is 0 Å². The van der Waals surface area contributed by atoms with E-state index in [9.17, 15) is 4.39 Å². The molecule has 0 aliphatic heterocycles. The lowest BCUT2D eigenvalue weighted by Gasteiger charge is -2.23. The lowest BCUT2D eigenvalue weighted by molar-refractivity contribution is 0.585. The minimum atomic E-state index is -0.111. The fourth-order valence-corrected chi connectivity index (χ4v) is 2.36. The van der Waals surface area contributed by atoms with Crippen molar-refractivity contribution in [3.05, 3.63) is 30.1 Å².